The summed E-state index contributed by atoms with van der Waals surface area (Å²) in [5.41, 5.74) is 1.03. The lowest BCUT2D eigenvalue weighted by Crippen LogP contribution is -2.34. The molecule has 1 aliphatic heterocycles. The van der Waals surface area contributed by atoms with Crippen molar-refractivity contribution in [3.05, 3.63) is 41.1 Å². The summed E-state index contributed by atoms with van der Waals surface area (Å²) in [4.78, 5) is 0. The minimum Gasteiger partial charge on any atom is -0.623 e. The van der Waals surface area contributed by atoms with Gasteiger partial charge in [-0.15, -0.1) is 0 Å². The molecule has 0 amide bonds. The van der Waals surface area contributed by atoms with Crippen LogP contribution in [0.4, 0.5) is 0 Å². The molecule has 0 aliphatic carbocycles. The number of rotatable bonds is 6. The van der Waals surface area contributed by atoms with Crippen LogP contribution in [0.1, 0.15) is 38.7 Å². The molecule has 1 aromatic carbocycles. The lowest BCUT2D eigenvalue weighted by atomic mass is 9.96. The van der Waals surface area contributed by atoms with Crippen molar-refractivity contribution in [3.8, 4) is 0 Å². The van der Waals surface area contributed by atoms with Crippen molar-refractivity contribution < 1.29 is 18.4 Å². The highest BCUT2D eigenvalue weighted by Gasteiger charge is 2.59. The van der Waals surface area contributed by atoms with Gasteiger partial charge < -0.3 is 14.3 Å². The average molecular weight is 311 g/mol. The Balaban J connectivity index is 2.32. The van der Waals surface area contributed by atoms with Gasteiger partial charge in [-0.3, -0.25) is 4.57 Å². The zero-order valence-corrected chi connectivity index (χ0v) is 13.6. The van der Waals surface area contributed by atoms with Crippen LogP contribution in [-0.4, -0.2) is 29.4 Å². The molecule has 0 aromatic heterocycles. The monoisotopic (exact) mass is 311 g/mol. The molecule has 0 saturated carbocycles. The molecule has 0 spiro atoms. The predicted molar refractivity (Wildman–Crippen MR) is 82.8 cm³/mol. The Morgan fingerprint density at radius 1 is 1.29 bits per heavy atom. The van der Waals surface area contributed by atoms with Gasteiger partial charge in [-0.1, -0.05) is 30.3 Å². The highest BCUT2D eigenvalue weighted by atomic mass is 31.2. The highest BCUT2D eigenvalue weighted by Crippen LogP contribution is 2.64. The van der Waals surface area contributed by atoms with Crippen molar-refractivity contribution in [2.24, 2.45) is 0 Å². The molecule has 0 fully saturated rings. The highest BCUT2D eigenvalue weighted by molar-refractivity contribution is 7.55. The SMILES string of the molecule is CCOP(=O)(OCC)[C@]1(C)C[C@H](c2ccccc2)C=[N+]1[O-]. The first-order valence-corrected chi connectivity index (χ1v) is 8.76. The molecule has 0 unspecified atom stereocenters. The van der Waals surface area contributed by atoms with E-state index in [9.17, 15) is 9.77 Å². The van der Waals surface area contributed by atoms with Crippen LogP contribution in [-0.2, 0) is 13.6 Å². The van der Waals surface area contributed by atoms with Gasteiger partial charge in [0, 0.05) is 13.3 Å². The molecule has 116 valence electrons. The number of nitrogens with zero attached hydrogens (tertiary/aromatic N) is 1. The molecule has 1 heterocycles. The summed E-state index contributed by atoms with van der Waals surface area (Å²) in [6.07, 6.45) is 1.98. The molecule has 5 nitrogen and oxygen atoms in total. The van der Waals surface area contributed by atoms with E-state index in [0.717, 1.165) is 10.3 Å². The first-order valence-electron chi connectivity index (χ1n) is 7.22. The van der Waals surface area contributed by atoms with Crippen LogP contribution in [0.2, 0.25) is 0 Å². The first kappa shape index (κ1) is 16.2. The number of hydroxylamine groups is 1. The van der Waals surface area contributed by atoms with Crippen molar-refractivity contribution >= 4 is 13.8 Å². The Morgan fingerprint density at radius 2 is 1.86 bits per heavy atom. The lowest BCUT2D eigenvalue weighted by Gasteiger charge is -2.30. The van der Waals surface area contributed by atoms with Gasteiger partial charge in [0.1, 0.15) is 0 Å². The van der Waals surface area contributed by atoms with Gasteiger partial charge in [-0.2, -0.15) is 4.74 Å². The smallest absolute Gasteiger partial charge is 0.401 e. The van der Waals surface area contributed by atoms with Crippen LogP contribution in [0.3, 0.4) is 0 Å². The van der Waals surface area contributed by atoms with Gasteiger partial charge >= 0.3 is 7.60 Å². The van der Waals surface area contributed by atoms with Gasteiger partial charge in [0.2, 0.25) is 0 Å². The van der Waals surface area contributed by atoms with Crippen LogP contribution < -0.4 is 0 Å². The number of hydrogen-bond acceptors (Lipinski definition) is 4. The van der Waals surface area contributed by atoms with E-state index < -0.39 is 12.9 Å². The summed E-state index contributed by atoms with van der Waals surface area (Å²) in [5, 5.41) is 11.2. The van der Waals surface area contributed by atoms with Gasteiger partial charge in [0.25, 0.3) is 5.28 Å². The molecule has 2 rings (SSSR count). The third-order valence-electron chi connectivity index (χ3n) is 3.81. The summed E-state index contributed by atoms with van der Waals surface area (Å²) in [5.74, 6) is -0.0806. The number of hydrogen-bond donors (Lipinski definition) is 0. The van der Waals surface area contributed by atoms with Gasteiger partial charge in [-0.05, 0) is 19.4 Å². The fourth-order valence-electron chi connectivity index (χ4n) is 2.68. The van der Waals surface area contributed by atoms with Gasteiger partial charge in [-0.25, -0.2) is 0 Å². The quantitative estimate of drug-likeness (QED) is 0.456. The van der Waals surface area contributed by atoms with E-state index >= 15 is 0 Å². The maximum absolute atomic E-state index is 13.0. The maximum atomic E-state index is 13.0. The maximum Gasteiger partial charge on any atom is 0.401 e. The van der Waals surface area contributed by atoms with Crippen molar-refractivity contribution in [1.29, 1.82) is 0 Å². The summed E-state index contributed by atoms with van der Waals surface area (Å²) >= 11 is 0. The zero-order valence-electron chi connectivity index (χ0n) is 12.7. The molecular weight excluding hydrogens is 289 g/mol. The molecule has 0 bridgehead atoms. The van der Waals surface area contributed by atoms with Crippen molar-refractivity contribution in [3.63, 3.8) is 0 Å². The van der Waals surface area contributed by atoms with E-state index in [2.05, 4.69) is 0 Å². The Hall–Kier alpha value is -1.16. The van der Waals surface area contributed by atoms with Crippen LogP contribution in [0, 0.1) is 5.21 Å². The summed E-state index contributed by atoms with van der Waals surface area (Å²) in [6, 6.07) is 9.72. The van der Waals surface area contributed by atoms with Crippen molar-refractivity contribution in [1.82, 2.24) is 0 Å². The van der Waals surface area contributed by atoms with E-state index in [0.29, 0.717) is 6.42 Å². The second-order valence-electron chi connectivity index (χ2n) is 5.25. The molecule has 1 aromatic rings. The van der Waals surface area contributed by atoms with E-state index in [1.807, 2.05) is 30.3 Å². The molecule has 6 heteroatoms. The van der Waals surface area contributed by atoms with E-state index in [4.69, 9.17) is 9.05 Å². The zero-order chi connectivity index (χ0) is 15.5. The second kappa shape index (κ2) is 6.30. The molecule has 1 aliphatic rings. The minimum atomic E-state index is -3.51. The van der Waals surface area contributed by atoms with Crippen LogP contribution in [0.5, 0.6) is 0 Å². The van der Waals surface area contributed by atoms with Crippen molar-refractivity contribution in [2.45, 2.75) is 38.4 Å². The molecule has 0 radical (unpaired) electrons. The second-order valence-corrected chi connectivity index (χ2v) is 7.72. The Labute approximate surface area is 125 Å². The molecule has 0 saturated heterocycles. The minimum absolute atomic E-state index is 0.0806. The molecule has 21 heavy (non-hydrogen) atoms. The van der Waals surface area contributed by atoms with Crippen LogP contribution in [0.15, 0.2) is 30.3 Å². The third kappa shape index (κ3) is 2.91. The largest absolute Gasteiger partial charge is 0.623 e. The average Bonchev–Trinajstić information content (AvgIpc) is 2.78. The topological polar surface area (TPSA) is 61.6 Å². The van der Waals surface area contributed by atoms with E-state index in [1.54, 1.807) is 27.0 Å². The fourth-order valence-corrected chi connectivity index (χ4v) is 4.71. The standard InChI is InChI=1S/C15H22NO4P/c1-4-19-21(18,20-5-2)15(3)11-14(12-16(15)17)13-9-7-6-8-10-13/h6-10,12,14H,4-5,11H2,1-3H3/t14-,15+/m0/s1. The Kier molecular flexibility index (Phi) is 4.87. The predicted octanol–water partition coefficient (Wildman–Crippen LogP) is 3.74. The van der Waals surface area contributed by atoms with Gasteiger partial charge in [0.15, 0.2) is 6.21 Å². The first-order chi connectivity index (χ1) is 9.97. The van der Waals surface area contributed by atoms with Crippen LogP contribution in [0.25, 0.3) is 0 Å². The summed E-state index contributed by atoms with van der Waals surface area (Å²) in [7, 11) is -3.51. The summed E-state index contributed by atoms with van der Waals surface area (Å²) in [6.45, 7) is 5.65. The Bertz CT molecular complexity index is 550. The van der Waals surface area contributed by atoms with Crippen molar-refractivity contribution in [2.75, 3.05) is 13.2 Å². The fraction of sp³-hybridized carbons (Fsp3) is 0.533. The Morgan fingerprint density at radius 3 is 2.38 bits per heavy atom. The molecule has 2 atom stereocenters. The molecular formula is C15H22NO4P. The normalized spacial score (nSPS) is 25.9. The van der Waals surface area contributed by atoms with Crippen LogP contribution >= 0.6 is 7.60 Å². The van der Waals surface area contributed by atoms with Gasteiger partial charge in [0.05, 0.1) is 19.1 Å². The summed E-state index contributed by atoms with van der Waals surface area (Å²) < 4.78 is 24.5. The lowest BCUT2D eigenvalue weighted by molar-refractivity contribution is -0.506. The van der Waals surface area contributed by atoms with E-state index in [1.165, 1.54) is 0 Å². The number of benzene rings is 1. The van der Waals surface area contributed by atoms with E-state index in [-0.39, 0.29) is 19.1 Å². The third-order valence-corrected chi connectivity index (χ3v) is 6.57. The molecule has 0 N–H and O–H groups in total.